The molecule has 2 N–H and O–H groups in total. The Hall–Kier alpha value is -0.880. The lowest BCUT2D eigenvalue weighted by molar-refractivity contribution is 0.362. The van der Waals surface area contributed by atoms with Crippen molar-refractivity contribution in [3.8, 4) is 0 Å². The predicted octanol–water partition coefficient (Wildman–Crippen LogP) is 3.60. The van der Waals surface area contributed by atoms with Crippen LogP contribution in [0.1, 0.15) is 31.4 Å². The Kier molecular flexibility index (Phi) is 5.84. The van der Waals surface area contributed by atoms with Gasteiger partial charge in [-0.2, -0.15) is 0 Å². The summed E-state index contributed by atoms with van der Waals surface area (Å²) in [6.45, 7) is 1.69. The van der Waals surface area contributed by atoms with Crippen molar-refractivity contribution in [1.29, 1.82) is 0 Å². The smallest absolute Gasteiger partial charge is 0.200 e. The zero-order valence-corrected chi connectivity index (χ0v) is 9.68. The van der Waals surface area contributed by atoms with Crippen LogP contribution >= 0.6 is 12.4 Å². The Balaban J connectivity index is 0.00000256. The first kappa shape index (κ1) is 16.1. The summed E-state index contributed by atoms with van der Waals surface area (Å²) < 4.78 is 64.6. The van der Waals surface area contributed by atoms with Crippen LogP contribution in [0.3, 0.4) is 0 Å². The molecule has 0 aromatic heterocycles. The van der Waals surface area contributed by atoms with Crippen molar-refractivity contribution < 1.29 is 22.0 Å². The summed E-state index contributed by atoms with van der Waals surface area (Å²) in [6.07, 6.45) is 0.610. The number of hydrogen-bond acceptors (Lipinski definition) is 1. The zero-order valence-electron chi connectivity index (χ0n) is 8.87. The van der Waals surface area contributed by atoms with E-state index in [-0.39, 0.29) is 18.8 Å². The highest BCUT2D eigenvalue weighted by molar-refractivity contribution is 5.85. The average Bonchev–Trinajstić information content (AvgIpc) is 2.24. The summed E-state index contributed by atoms with van der Waals surface area (Å²) in [4.78, 5) is 0. The largest absolute Gasteiger partial charge is 0.324 e. The van der Waals surface area contributed by atoms with Crippen molar-refractivity contribution in [2.45, 2.75) is 25.8 Å². The molecule has 1 aromatic rings. The average molecular weight is 276 g/mol. The van der Waals surface area contributed by atoms with Crippen LogP contribution in [0.2, 0.25) is 0 Å². The lowest BCUT2D eigenvalue weighted by Crippen LogP contribution is -2.17. The van der Waals surface area contributed by atoms with Crippen molar-refractivity contribution in [3.05, 3.63) is 34.6 Å². The molecular weight excluding hydrogens is 265 g/mol. The number of hydrogen-bond donors (Lipinski definition) is 1. The van der Waals surface area contributed by atoms with Crippen molar-refractivity contribution in [3.63, 3.8) is 0 Å². The third kappa shape index (κ3) is 2.87. The summed E-state index contributed by atoms with van der Waals surface area (Å²) in [5.41, 5.74) is 4.41. The van der Waals surface area contributed by atoms with Gasteiger partial charge in [-0.1, -0.05) is 13.3 Å². The highest BCUT2D eigenvalue weighted by Gasteiger charge is 2.28. The summed E-state index contributed by atoms with van der Waals surface area (Å²) in [7, 11) is 0. The van der Waals surface area contributed by atoms with Crippen molar-refractivity contribution in [1.82, 2.24) is 0 Å². The molecule has 0 aliphatic carbocycles. The van der Waals surface area contributed by atoms with Gasteiger partial charge in [-0.3, -0.25) is 0 Å². The van der Waals surface area contributed by atoms with Crippen LogP contribution in [0.25, 0.3) is 0 Å². The van der Waals surface area contributed by atoms with Crippen molar-refractivity contribution >= 4 is 12.4 Å². The van der Waals surface area contributed by atoms with Gasteiger partial charge in [-0.25, -0.2) is 22.0 Å². The standard InChI is InChI=1S/C10H10F5N.ClH/c1-2-3-4(16)5-6(11)8(13)10(15)9(14)7(5)12;/h4H,2-3,16H2,1H3;1H/t4-;/m0./s1. The van der Waals surface area contributed by atoms with E-state index in [4.69, 9.17) is 5.73 Å². The summed E-state index contributed by atoms with van der Waals surface area (Å²) >= 11 is 0. The quantitative estimate of drug-likeness (QED) is 0.509. The first-order chi connectivity index (χ1) is 7.41. The van der Waals surface area contributed by atoms with Gasteiger partial charge in [0.2, 0.25) is 5.82 Å². The predicted molar refractivity (Wildman–Crippen MR) is 55.3 cm³/mol. The van der Waals surface area contributed by atoms with Crippen LogP contribution in [0.15, 0.2) is 0 Å². The minimum absolute atomic E-state index is 0. The van der Waals surface area contributed by atoms with Crippen LogP contribution in [0.4, 0.5) is 22.0 Å². The molecule has 98 valence electrons. The van der Waals surface area contributed by atoms with Crippen LogP contribution in [-0.4, -0.2) is 0 Å². The Morgan fingerprint density at radius 2 is 1.24 bits per heavy atom. The van der Waals surface area contributed by atoms with Gasteiger partial charge < -0.3 is 5.73 Å². The van der Waals surface area contributed by atoms with E-state index in [1.54, 1.807) is 6.92 Å². The van der Waals surface area contributed by atoms with Crippen molar-refractivity contribution in [2.75, 3.05) is 0 Å². The zero-order chi connectivity index (χ0) is 12.5. The normalized spacial score (nSPS) is 12.2. The van der Waals surface area contributed by atoms with E-state index in [2.05, 4.69) is 0 Å². The molecule has 0 saturated heterocycles. The van der Waals surface area contributed by atoms with Gasteiger partial charge in [-0.05, 0) is 6.42 Å². The molecule has 1 aromatic carbocycles. The minimum atomic E-state index is -2.16. The van der Waals surface area contributed by atoms with Gasteiger partial charge in [0.25, 0.3) is 0 Å². The molecule has 1 nitrogen and oxygen atoms in total. The van der Waals surface area contributed by atoms with Gasteiger partial charge in [0.15, 0.2) is 23.3 Å². The van der Waals surface area contributed by atoms with Crippen LogP contribution in [0, 0.1) is 29.1 Å². The van der Waals surface area contributed by atoms with Crippen LogP contribution < -0.4 is 5.73 Å². The van der Waals surface area contributed by atoms with E-state index < -0.39 is 40.7 Å². The fourth-order valence-electron chi connectivity index (χ4n) is 1.40. The van der Waals surface area contributed by atoms with E-state index >= 15 is 0 Å². The number of rotatable bonds is 3. The molecule has 17 heavy (non-hydrogen) atoms. The minimum Gasteiger partial charge on any atom is -0.324 e. The van der Waals surface area contributed by atoms with Crippen LogP contribution in [0.5, 0.6) is 0 Å². The highest BCUT2D eigenvalue weighted by atomic mass is 35.5. The molecule has 0 heterocycles. The molecule has 0 spiro atoms. The second kappa shape index (κ2) is 6.16. The number of halogens is 6. The molecule has 0 aliphatic heterocycles. The molecule has 0 unspecified atom stereocenters. The fourth-order valence-corrected chi connectivity index (χ4v) is 1.40. The summed E-state index contributed by atoms with van der Waals surface area (Å²) in [5.74, 6) is -9.78. The van der Waals surface area contributed by atoms with Gasteiger partial charge in [0.05, 0.1) is 0 Å². The third-order valence-electron chi connectivity index (χ3n) is 2.21. The Labute approximate surface area is 101 Å². The molecule has 0 bridgehead atoms. The molecule has 0 fully saturated rings. The van der Waals surface area contributed by atoms with E-state index in [0.29, 0.717) is 6.42 Å². The maximum absolute atomic E-state index is 13.2. The topological polar surface area (TPSA) is 26.0 Å². The molecule has 1 rings (SSSR count). The first-order valence-electron chi connectivity index (χ1n) is 4.68. The van der Waals surface area contributed by atoms with E-state index in [9.17, 15) is 22.0 Å². The maximum Gasteiger partial charge on any atom is 0.200 e. The molecular formula is C10H11ClF5N. The first-order valence-corrected chi connectivity index (χ1v) is 4.68. The van der Waals surface area contributed by atoms with E-state index in [0.717, 1.165) is 0 Å². The summed E-state index contributed by atoms with van der Waals surface area (Å²) in [5, 5.41) is 0. The Morgan fingerprint density at radius 1 is 0.882 bits per heavy atom. The molecule has 0 saturated carbocycles. The van der Waals surface area contributed by atoms with Crippen LogP contribution in [-0.2, 0) is 0 Å². The van der Waals surface area contributed by atoms with Crippen molar-refractivity contribution in [2.24, 2.45) is 5.73 Å². The summed E-state index contributed by atoms with van der Waals surface area (Å²) in [6, 6.07) is -1.20. The van der Waals surface area contributed by atoms with E-state index in [1.807, 2.05) is 0 Å². The lowest BCUT2D eigenvalue weighted by Gasteiger charge is -2.14. The highest BCUT2D eigenvalue weighted by Crippen LogP contribution is 2.28. The lowest BCUT2D eigenvalue weighted by atomic mass is 10.0. The monoisotopic (exact) mass is 275 g/mol. The fraction of sp³-hybridized carbons (Fsp3) is 0.400. The molecule has 0 amide bonds. The molecule has 0 aliphatic rings. The van der Waals surface area contributed by atoms with Gasteiger partial charge in [0.1, 0.15) is 0 Å². The Bertz CT molecular complexity index is 381. The molecule has 1 atom stereocenters. The Morgan fingerprint density at radius 3 is 1.59 bits per heavy atom. The van der Waals surface area contributed by atoms with Gasteiger partial charge >= 0.3 is 0 Å². The van der Waals surface area contributed by atoms with E-state index in [1.165, 1.54) is 0 Å². The molecule has 0 radical (unpaired) electrons. The molecule has 7 heteroatoms. The maximum atomic E-state index is 13.2. The third-order valence-corrected chi connectivity index (χ3v) is 2.21. The van der Waals surface area contributed by atoms with Gasteiger partial charge in [0, 0.05) is 11.6 Å². The SMILES string of the molecule is CCC[C@H](N)c1c(F)c(F)c(F)c(F)c1F.Cl. The number of nitrogens with two attached hydrogens (primary N) is 1. The number of benzene rings is 1. The second-order valence-corrected chi connectivity index (χ2v) is 3.38. The second-order valence-electron chi connectivity index (χ2n) is 3.38. The van der Waals surface area contributed by atoms with Gasteiger partial charge in [-0.15, -0.1) is 12.4 Å².